The number of carboxylic acid groups (broad SMARTS) is 1. The molecule has 7 nitrogen and oxygen atoms in total. The van der Waals surface area contributed by atoms with Crippen molar-refractivity contribution in [1.82, 2.24) is 0 Å². The minimum Gasteiger partial charge on any atom is -0.484 e. The normalized spacial score (nSPS) is 10.2. The van der Waals surface area contributed by atoms with E-state index in [1.807, 2.05) is 0 Å². The largest absolute Gasteiger partial charge is 0.484 e. The fraction of sp³-hybridized carbons (Fsp3) is 0.357. The van der Waals surface area contributed by atoms with Crippen molar-refractivity contribution >= 4 is 17.3 Å². The third-order valence-corrected chi connectivity index (χ3v) is 2.54. The standard InChI is InChI=1S/C14H18N2O5/c1-4-7-15(9-14(17)18)11-5-6-12(16(19)20)13(8-11)21-10(2)3/h4-6,8,10H,1,7,9H2,2-3H3,(H,17,18). The van der Waals surface area contributed by atoms with Crippen LogP contribution in [0.3, 0.4) is 0 Å². The number of carbonyl (C=O) groups is 1. The smallest absolute Gasteiger partial charge is 0.323 e. The fourth-order valence-corrected chi connectivity index (χ4v) is 1.78. The van der Waals surface area contributed by atoms with E-state index in [-0.39, 0.29) is 24.1 Å². The third-order valence-electron chi connectivity index (χ3n) is 2.54. The lowest BCUT2D eigenvalue weighted by Crippen LogP contribution is -2.29. The summed E-state index contributed by atoms with van der Waals surface area (Å²) >= 11 is 0. The molecule has 0 aliphatic heterocycles. The minimum atomic E-state index is -0.999. The van der Waals surface area contributed by atoms with Crippen LogP contribution in [0.1, 0.15) is 13.8 Å². The molecule has 0 heterocycles. The van der Waals surface area contributed by atoms with Crippen LogP contribution in [0.2, 0.25) is 0 Å². The highest BCUT2D eigenvalue weighted by molar-refractivity contribution is 5.74. The number of aliphatic carboxylic acids is 1. The molecule has 0 spiro atoms. The summed E-state index contributed by atoms with van der Waals surface area (Å²) in [5, 5.41) is 19.9. The molecule has 1 rings (SSSR count). The van der Waals surface area contributed by atoms with Crippen LogP contribution in [-0.2, 0) is 4.79 Å². The Morgan fingerprint density at radius 1 is 1.57 bits per heavy atom. The van der Waals surface area contributed by atoms with Crippen LogP contribution in [0.4, 0.5) is 11.4 Å². The van der Waals surface area contributed by atoms with Gasteiger partial charge in [-0.1, -0.05) is 6.08 Å². The average Bonchev–Trinajstić information content (AvgIpc) is 2.36. The van der Waals surface area contributed by atoms with Crippen molar-refractivity contribution in [2.24, 2.45) is 0 Å². The summed E-state index contributed by atoms with van der Waals surface area (Å²) in [6.07, 6.45) is 1.33. The van der Waals surface area contributed by atoms with Crippen molar-refractivity contribution in [3.63, 3.8) is 0 Å². The quantitative estimate of drug-likeness (QED) is 0.450. The molecule has 0 fully saturated rings. The van der Waals surface area contributed by atoms with E-state index >= 15 is 0 Å². The van der Waals surface area contributed by atoms with Crippen LogP contribution in [0, 0.1) is 10.1 Å². The number of hydrogen-bond acceptors (Lipinski definition) is 5. The molecule has 1 N–H and O–H groups in total. The van der Waals surface area contributed by atoms with E-state index < -0.39 is 10.9 Å². The molecular weight excluding hydrogens is 276 g/mol. The van der Waals surface area contributed by atoms with Crippen LogP contribution in [0.25, 0.3) is 0 Å². The van der Waals surface area contributed by atoms with Crippen LogP contribution < -0.4 is 9.64 Å². The van der Waals surface area contributed by atoms with Gasteiger partial charge in [-0.3, -0.25) is 14.9 Å². The molecule has 7 heteroatoms. The van der Waals surface area contributed by atoms with E-state index in [1.54, 1.807) is 19.9 Å². The number of nitro benzene ring substituents is 1. The maximum absolute atomic E-state index is 11.0. The summed E-state index contributed by atoms with van der Waals surface area (Å²) in [7, 11) is 0. The van der Waals surface area contributed by atoms with Gasteiger partial charge in [-0.05, 0) is 19.9 Å². The molecule has 0 aromatic heterocycles. The highest BCUT2D eigenvalue weighted by atomic mass is 16.6. The van der Waals surface area contributed by atoms with Gasteiger partial charge in [-0.2, -0.15) is 0 Å². The maximum atomic E-state index is 11.0. The zero-order chi connectivity index (χ0) is 16.0. The van der Waals surface area contributed by atoms with Crippen molar-refractivity contribution in [3.8, 4) is 5.75 Å². The Morgan fingerprint density at radius 3 is 2.71 bits per heavy atom. The Kier molecular flexibility index (Phi) is 5.71. The summed E-state index contributed by atoms with van der Waals surface area (Å²) in [5.74, 6) is -0.881. The van der Waals surface area contributed by atoms with Gasteiger partial charge in [0.15, 0.2) is 5.75 Å². The van der Waals surface area contributed by atoms with Crippen LogP contribution >= 0.6 is 0 Å². The van der Waals surface area contributed by atoms with Crippen molar-refractivity contribution in [2.45, 2.75) is 20.0 Å². The van der Waals surface area contributed by atoms with Crippen LogP contribution in [-0.4, -0.2) is 35.2 Å². The van der Waals surface area contributed by atoms with Crippen molar-refractivity contribution in [2.75, 3.05) is 18.0 Å². The fourth-order valence-electron chi connectivity index (χ4n) is 1.78. The first-order valence-corrected chi connectivity index (χ1v) is 6.38. The monoisotopic (exact) mass is 294 g/mol. The van der Waals surface area contributed by atoms with E-state index in [1.165, 1.54) is 23.1 Å². The molecule has 0 saturated heterocycles. The van der Waals surface area contributed by atoms with Gasteiger partial charge in [-0.25, -0.2) is 0 Å². The topological polar surface area (TPSA) is 92.9 Å². The SMILES string of the molecule is C=CCN(CC(=O)O)c1ccc([N+](=O)[O-])c(OC(C)C)c1. The number of hydrogen-bond donors (Lipinski definition) is 1. The predicted molar refractivity (Wildman–Crippen MR) is 78.9 cm³/mol. The average molecular weight is 294 g/mol. The first-order valence-electron chi connectivity index (χ1n) is 6.38. The zero-order valence-electron chi connectivity index (χ0n) is 12.0. The van der Waals surface area contributed by atoms with Gasteiger partial charge in [0.2, 0.25) is 0 Å². The Balaban J connectivity index is 3.19. The Labute approximate surface area is 122 Å². The summed E-state index contributed by atoms with van der Waals surface area (Å²) in [6, 6.07) is 4.29. The Hall–Kier alpha value is -2.57. The zero-order valence-corrected chi connectivity index (χ0v) is 12.0. The number of ether oxygens (including phenoxy) is 1. The van der Waals surface area contributed by atoms with Gasteiger partial charge in [0, 0.05) is 24.4 Å². The number of nitrogens with zero attached hydrogens (tertiary/aromatic N) is 2. The molecule has 21 heavy (non-hydrogen) atoms. The van der Waals surface area contributed by atoms with Crippen molar-refractivity contribution < 1.29 is 19.6 Å². The highest BCUT2D eigenvalue weighted by Crippen LogP contribution is 2.32. The molecule has 0 aliphatic rings. The van der Waals surface area contributed by atoms with E-state index in [9.17, 15) is 14.9 Å². The molecule has 0 amide bonds. The third kappa shape index (κ3) is 4.79. The van der Waals surface area contributed by atoms with Gasteiger partial charge in [0.05, 0.1) is 11.0 Å². The molecule has 0 atom stereocenters. The second-order valence-electron chi connectivity index (χ2n) is 4.64. The molecule has 0 bridgehead atoms. The minimum absolute atomic E-state index is 0.118. The molecule has 1 aromatic carbocycles. The predicted octanol–water partition coefficient (Wildman–Crippen LogP) is 2.46. The van der Waals surface area contributed by atoms with Crippen molar-refractivity contribution in [1.29, 1.82) is 0 Å². The van der Waals surface area contributed by atoms with E-state index in [4.69, 9.17) is 9.84 Å². The van der Waals surface area contributed by atoms with Gasteiger partial charge in [0.1, 0.15) is 6.54 Å². The number of rotatable bonds is 8. The second kappa shape index (κ2) is 7.28. The Morgan fingerprint density at radius 2 is 2.24 bits per heavy atom. The molecule has 114 valence electrons. The lowest BCUT2D eigenvalue weighted by Gasteiger charge is -2.22. The van der Waals surface area contributed by atoms with Crippen LogP contribution in [0.5, 0.6) is 5.75 Å². The first-order chi connectivity index (χ1) is 9.85. The lowest BCUT2D eigenvalue weighted by atomic mass is 10.2. The van der Waals surface area contributed by atoms with Gasteiger partial charge >= 0.3 is 11.7 Å². The lowest BCUT2D eigenvalue weighted by molar-refractivity contribution is -0.386. The highest BCUT2D eigenvalue weighted by Gasteiger charge is 2.19. The van der Waals surface area contributed by atoms with Gasteiger partial charge < -0.3 is 14.7 Å². The van der Waals surface area contributed by atoms with Gasteiger partial charge in [-0.15, -0.1) is 6.58 Å². The molecular formula is C14H18N2O5. The number of nitro groups is 1. The van der Waals surface area contributed by atoms with Crippen LogP contribution in [0.15, 0.2) is 30.9 Å². The van der Waals surface area contributed by atoms with E-state index in [0.717, 1.165) is 0 Å². The number of carboxylic acids is 1. The summed E-state index contributed by atoms with van der Waals surface area (Å²) in [5.41, 5.74) is 0.375. The van der Waals surface area contributed by atoms with Gasteiger partial charge in [0.25, 0.3) is 0 Å². The molecule has 0 saturated carbocycles. The van der Waals surface area contributed by atoms with E-state index in [0.29, 0.717) is 12.2 Å². The molecule has 1 aromatic rings. The first kappa shape index (κ1) is 16.5. The second-order valence-corrected chi connectivity index (χ2v) is 4.64. The van der Waals surface area contributed by atoms with E-state index in [2.05, 4.69) is 6.58 Å². The summed E-state index contributed by atoms with van der Waals surface area (Å²) in [6.45, 7) is 7.17. The molecule has 0 unspecified atom stereocenters. The van der Waals surface area contributed by atoms with Crippen molar-refractivity contribution in [3.05, 3.63) is 41.0 Å². The number of benzene rings is 1. The summed E-state index contributed by atoms with van der Waals surface area (Å²) < 4.78 is 5.44. The number of anilines is 1. The molecule has 0 radical (unpaired) electrons. The summed E-state index contributed by atoms with van der Waals surface area (Å²) in [4.78, 5) is 22.9. The Bertz CT molecular complexity index is 542. The molecule has 0 aliphatic carbocycles. The maximum Gasteiger partial charge on any atom is 0.323 e.